The molecule has 1 aromatic rings. The molecular formula is C16H28N4O3. The Morgan fingerprint density at radius 1 is 1.48 bits per heavy atom. The Kier molecular flexibility index (Phi) is 6.53. The molecule has 0 bridgehead atoms. The lowest BCUT2D eigenvalue weighted by molar-refractivity contribution is -0.136. The first-order chi connectivity index (χ1) is 11.0. The molecule has 1 amide bonds. The number of ether oxygens (including phenoxy) is 1. The van der Waals surface area contributed by atoms with Crippen LogP contribution in [0, 0.1) is 0 Å². The molecule has 1 aliphatic rings. The molecule has 23 heavy (non-hydrogen) atoms. The van der Waals surface area contributed by atoms with Crippen molar-refractivity contribution >= 4 is 5.91 Å². The summed E-state index contributed by atoms with van der Waals surface area (Å²) in [6.45, 7) is 9.16. The van der Waals surface area contributed by atoms with Crippen LogP contribution >= 0.6 is 0 Å². The number of aryl methyl sites for hydroxylation is 1. The van der Waals surface area contributed by atoms with Gasteiger partial charge in [0.1, 0.15) is 0 Å². The zero-order valence-electron chi connectivity index (χ0n) is 14.6. The van der Waals surface area contributed by atoms with E-state index >= 15 is 0 Å². The minimum atomic E-state index is -0.0422. The summed E-state index contributed by atoms with van der Waals surface area (Å²) in [7, 11) is 1.76. The van der Waals surface area contributed by atoms with Gasteiger partial charge in [-0.25, -0.2) is 0 Å². The molecule has 1 unspecified atom stereocenters. The minimum Gasteiger partial charge on any atom is -0.375 e. The molecule has 1 fully saturated rings. The molecule has 2 rings (SSSR count). The molecule has 0 saturated carbocycles. The van der Waals surface area contributed by atoms with Crippen molar-refractivity contribution in [2.24, 2.45) is 0 Å². The predicted molar refractivity (Wildman–Crippen MR) is 85.8 cm³/mol. The maximum atomic E-state index is 12.4. The van der Waals surface area contributed by atoms with E-state index in [0.29, 0.717) is 37.3 Å². The summed E-state index contributed by atoms with van der Waals surface area (Å²) in [6.07, 6.45) is 2.11. The first kappa shape index (κ1) is 17.9. The summed E-state index contributed by atoms with van der Waals surface area (Å²) in [5, 5.41) is 3.91. The molecule has 2 heterocycles. The van der Waals surface area contributed by atoms with Gasteiger partial charge in [-0.3, -0.25) is 9.69 Å². The second-order valence-electron chi connectivity index (χ2n) is 6.39. The second kappa shape index (κ2) is 8.40. The first-order valence-corrected chi connectivity index (χ1v) is 8.40. The summed E-state index contributed by atoms with van der Waals surface area (Å²) in [4.78, 5) is 20.6. The van der Waals surface area contributed by atoms with Crippen molar-refractivity contribution in [3.05, 3.63) is 11.7 Å². The van der Waals surface area contributed by atoms with Crippen molar-refractivity contribution in [2.75, 3.05) is 26.7 Å². The van der Waals surface area contributed by atoms with Crippen LogP contribution in [-0.2, 0) is 22.5 Å². The summed E-state index contributed by atoms with van der Waals surface area (Å²) in [6, 6.07) is 0.476. The summed E-state index contributed by atoms with van der Waals surface area (Å²) < 4.78 is 10.9. The highest BCUT2D eigenvalue weighted by molar-refractivity contribution is 5.76. The van der Waals surface area contributed by atoms with Crippen molar-refractivity contribution in [2.45, 2.75) is 58.7 Å². The van der Waals surface area contributed by atoms with Crippen molar-refractivity contribution in [3.8, 4) is 0 Å². The maximum Gasteiger partial charge on any atom is 0.246 e. The van der Waals surface area contributed by atoms with E-state index < -0.39 is 0 Å². The van der Waals surface area contributed by atoms with Gasteiger partial charge in [0.25, 0.3) is 0 Å². The molecule has 0 aromatic carbocycles. The van der Waals surface area contributed by atoms with Crippen molar-refractivity contribution in [1.29, 1.82) is 0 Å². The van der Waals surface area contributed by atoms with E-state index in [1.807, 2.05) is 0 Å². The Labute approximate surface area is 138 Å². The molecule has 130 valence electrons. The van der Waals surface area contributed by atoms with Gasteiger partial charge in [-0.1, -0.05) is 12.1 Å². The third-order valence-corrected chi connectivity index (χ3v) is 4.08. The van der Waals surface area contributed by atoms with E-state index in [4.69, 9.17) is 9.26 Å². The third kappa shape index (κ3) is 5.28. The number of nitrogens with zero attached hydrogens (tertiary/aromatic N) is 4. The number of amides is 1. The fourth-order valence-electron chi connectivity index (χ4n) is 2.66. The van der Waals surface area contributed by atoms with Gasteiger partial charge in [-0.05, 0) is 20.3 Å². The first-order valence-electron chi connectivity index (χ1n) is 8.40. The van der Waals surface area contributed by atoms with Crippen LogP contribution in [0.15, 0.2) is 4.52 Å². The second-order valence-corrected chi connectivity index (χ2v) is 6.39. The van der Waals surface area contributed by atoms with Crippen LogP contribution in [0.3, 0.4) is 0 Å². The Balaban J connectivity index is 1.82. The van der Waals surface area contributed by atoms with E-state index in [-0.39, 0.29) is 12.0 Å². The van der Waals surface area contributed by atoms with Crippen LogP contribution in [-0.4, -0.2) is 64.7 Å². The van der Waals surface area contributed by atoms with Gasteiger partial charge in [-0.2, -0.15) is 4.98 Å². The topological polar surface area (TPSA) is 71.7 Å². The van der Waals surface area contributed by atoms with E-state index in [9.17, 15) is 4.79 Å². The molecule has 0 N–H and O–H groups in total. The van der Waals surface area contributed by atoms with Gasteiger partial charge in [0, 0.05) is 32.6 Å². The number of aromatic nitrogens is 2. The maximum absolute atomic E-state index is 12.4. The highest BCUT2D eigenvalue weighted by Gasteiger charge is 2.26. The van der Waals surface area contributed by atoms with E-state index in [0.717, 1.165) is 25.9 Å². The lowest BCUT2D eigenvalue weighted by Gasteiger charge is -2.35. The van der Waals surface area contributed by atoms with Gasteiger partial charge >= 0.3 is 0 Å². The summed E-state index contributed by atoms with van der Waals surface area (Å²) in [5.74, 6) is 1.22. The molecule has 0 aliphatic carbocycles. The fraction of sp³-hybridized carbons (Fsp3) is 0.812. The van der Waals surface area contributed by atoms with E-state index in [1.54, 1.807) is 11.9 Å². The monoisotopic (exact) mass is 324 g/mol. The number of carbonyl (C=O) groups excluding carboxylic acids is 1. The number of hydrogen-bond acceptors (Lipinski definition) is 6. The highest BCUT2D eigenvalue weighted by Crippen LogP contribution is 2.13. The SMILES string of the molecule is CCCc1noc(CN(C)C(=O)CC2CN(C(C)C)CCO2)n1. The lowest BCUT2D eigenvalue weighted by Crippen LogP contribution is -2.47. The standard InChI is InChI=1S/C16H28N4O3/c1-5-6-14-17-15(23-18-14)11-19(4)16(21)9-13-10-20(12(2)3)7-8-22-13/h12-13H,5-11H2,1-4H3. The fourth-order valence-corrected chi connectivity index (χ4v) is 2.66. The normalized spacial score (nSPS) is 19.3. The lowest BCUT2D eigenvalue weighted by atomic mass is 10.1. The molecule has 1 aliphatic heterocycles. The van der Waals surface area contributed by atoms with Gasteiger partial charge in [0.2, 0.25) is 11.8 Å². The van der Waals surface area contributed by atoms with Crippen LogP contribution in [0.5, 0.6) is 0 Å². The summed E-state index contributed by atoms with van der Waals surface area (Å²) in [5.41, 5.74) is 0. The minimum absolute atomic E-state index is 0.0378. The smallest absolute Gasteiger partial charge is 0.246 e. The average molecular weight is 324 g/mol. The number of morpholine rings is 1. The molecule has 0 radical (unpaired) electrons. The quantitative estimate of drug-likeness (QED) is 0.756. The van der Waals surface area contributed by atoms with Gasteiger partial charge in [0.15, 0.2) is 5.82 Å². The van der Waals surface area contributed by atoms with Crippen molar-refractivity contribution in [1.82, 2.24) is 19.9 Å². The largest absolute Gasteiger partial charge is 0.375 e. The van der Waals surface area contributed by atoms with Crippen LogP contribution in [0.2, 0.25) is 0 Å². The number of rotatable bonds is 7. The average Bonchev–Trinajstić information content (AvgIpc) is 2.95. The molecule has 1 aromatic heterocycles. The zero-order valence-corrected chi connectivity index (χ0v) is 14.6. The third-order valence-electron chi connectivity index (χ3n) is 4.08. The number of carbonyl (C=O) groups is 1. The van der Waals surface area contributed by atoms with Gasteiger partial charge in [0.05, 0.1) is 25.7 Å². The van der Waals surface area contributed by atoms with Crippen LogP contribution in [0.1, 0.15) is 45.3 Å². The molecule has 1 saturated heterocycles. The molecule has 7 nitrogen and oxygen atoms in total. The van der Waals surface area contributed by atoms with Gasteiger partial charge < -0.3 is 14.2 Å². The number of hydrogen-bond donors (Lipinski definition) is 0. The Morgan fingerprint density at radius 2 is 2.26 bits per heavy atom. The van der Waals surface area contributed by atoms with Crippen LogP contribution in [0.25, 0.3) is 0 Å². The van der Waals surface area contributed by atoms with E-state index in [1.165, 1.54) is 0 Å². The molecule has 0 spiro atoms. The Morgan fingerprint density at radius 3 is 2.96 bits per heavy atom. The van der Waals surface area contributed by atoms with Crippen molar-refractivity contribution < 1.29 is 14.1 Å². The molecule has 7 heteroatoms. The molecular weight excluding hydrogens is 296 g/mol. The molecule has 1 atom stereocenters. The van der Waals surface area contributed by atoms with Gasteiger partial charge in [-0.15, -0.1) is 0 Å². The van der Waals surface area contributed by atoms with E-state index in [2.05, 4.69) is 35.8 Å². The summed E-state index contributed by atoms with van der Waals surface area (Å²) >= 11 is 0. The highest BCUT2D eigenvalue weighted by atomic mass is 16.5. The van der Waals surface area contributed by atoms with Crippen LogP contribution in [0.4, 0.5) is 0 Å². The van der Waals surface area contributed by atoms with Crippen LogP contribution < -0.4 is 0 Å². The predicted octanol–water partition coefficient (Wildman–Crippen LogP) is 1.48. The zero-order chi connectivity index (χ0) is 16.8. The Bertz CT molecular complexity index is 503. The van der Waals surface area contributed by atoms with Crippen molar-refractivity contribution in [3.63, 3.8) is 0 Å². The Hall–Kier alpha value is -1.47.